The average molecular weight is 590 g/mol. The van der Waals surface area contributed by atoms with Crippen LogP contribution in [-0.2, 0) is 26.2 Å². The SMILES string of the molecule is CC[C@@H](C)NC(=O)[C@H](C)N(Cc1ccc(F)cc1)C(=O)CN(c1ccc(Cl)cc1)S(=O)(=O)c1ccc(OC)cc1. The molecule has 2 amide bonds. The molecule has 0 radical (unpaired) electrons. The van der Waals surface area contributed by atoms with Gasteiger partial charge in [-0.15, -0.1) is 0 Å². The molecule has 8 nitrogen and oxygen atoms in total. The number of carbonyl (C=O) groups excluding carboxylic acids is 2. The zero-order valence-corrected chi connectivity index (χ0v) is 24.4. The van der Waals surface area contributed by atoms with Gasteiger partial charge in [0.05, 0.1) is 17.7 Å². The lowest BCUT2D eigenvalue weighted by Gasteiger charge is -2.32. The van der Waals surface area contributed by atoms with Gasteiger partial charge in [0.25, 0.3) is 10.0 Å². The normalized spacial score (nSPS) is 12.8. The first kappa shape index (κ1) is 30.9. The van der Waals surface area contributed by atoms with Gasteiger partial charge in [0, 0.05) is 17.6 Å². The van der Waals surface area contributed by atoms with Gasteiger partial charge in [0.2, 0.25) is 11.8 Å². The van der Waals surface area contributed by atoms with E-state index in [9.17, 15) is 22.4 Å². The van der Waals surface area contributed by atoms with Crippen LogP contribution in [0.2, 0.25) is 5.02 Å². The van der Waals surface area contributed by atoms with Crippen molar-refractivity contribution >= 4 is 39.1 Å². The van der Waals surface area contributed by atoms with Gasteiger partial charge in [-0.1, -0.05) is 30.7 Å². The van der Waals surface area contributed by atoms with E-state index in [0.717, 1.165) is 4.31 Å². The van der Waals surface area contributed by atoms with Crippen LogP contribution in [0.4, 0.5) is 10.1 Å². The summed E-state index contributed by atoms with van der Waals surface area (Å²) >= 11 is 6.04. The maximum absolute atomic E-state index is 13.9. The molecule has 1 N–H and O–H groups in total. The van der Waals surface area contributed by atoms with Crippen LogP contribution in [0.5, 0.6) is 5.75 Å². The van der Waals surface area contributed by atoms with E-state index in [-0.39, 0.29) is 29.1 Å². The topological polar surface area (TPSA) is 96.0 Å². The Kier molecular flexibility index (Phi) is 10.5. The Balaban J connectivity index is 2.01. The van der Waals surface area contributed by atoms with Gasteiger partial charge in [-0.05, 0) is 86.5 Å². The zero-order chi connectivity index (χ0) is 29.4. The predicted octanol–water partition coefficient (Wildman–Crippen LogP) is 5.02. The highest BCUT2D eigenvalue weighted by Gasteiger charge is 2.32. The van der Waals surface area contributed by atoms with E-state index in [1.165, 1.54) is 84.8 Å². The van der Waals surface area contributed by atoms with Crippen LogP contribution in [0.25, 0.3) is 0 Å². The summed E-state index contributed by atoms with van der Waals surface area (Å²) in [5.74, 6) is -0.979. The molecule has 3 aromatic rings. The average Bonchev–Trinajstić information content (AvgIpc) is 2.95. The van der Waals surface area contributed by atoms with Gasteiger partial charge in [0.15, 0.2) is 0 Å². The third kappa shape index (κ3) is 7.73. The first-order chi connectivity index (χ1) is 19.0. The summed E-state index contributed by atoms with van der Waals surface area (Å²) < 4.78 is 47.3. The van der Waals surface area contributed by atoms with Crippen molar-refractivity contribution in [2.45, 2.75) is 50.7 Å². The molecule has 0 aliphatic rings. The molecule has 3 aromatic carbocycles. The number of rotatable bonds is 12. The number of hydrogen-bond donors (Lipinski definition) is 1. The first-order valence-corrected chi connectivity index (χ1v) is 14.5. The van der Waals surface area contributed by atoms with E-state index in [2.05, 4.69) is 5.32 Å². The molecule has 0 saturated heterocycles. The van der Waals surface area contributed by atoms with Gasteiger partial charge in [-0.3, -0.25) is 13.9 Å². The minimum atomic E-state index is -4.23. The van der Waals surface area contributed by atoms with E-state index < -0.39 is 34.3 Å². The summed E-state index contributed by atoms with van der Waals surface area (Å²) in [7, 11) is -2.76. The fourth-order valence-electron chi connectivity index (χ4n) is 3.85. The largest absolute Gasteiger partial charge is 0.497 e. The lowest BCUT2D eigenvalue weighted by atomic mass is 10.1. The lowest BCUT2D eigenvalue weighted by molar-refractivity contribution is -0.139. The molecular formula is C29H33ClFN3O5S. The predicted molar refractivity (Wildman–Crippen MR) is 153 cm³/mol. The summed E-state index contributed by atoms with van der Waals surface area (Å²) in [4.78, 5) is 28.2. The van der Waals surface area contributed by atoms with Crippen molar-refractivity contribution in [1.82, 2.24) is 10.2 Å². The summed E-state index contributed by atoms with van der Waals surface area (Å²) in [6.07, 6.45) is 0.689. The Bertz CT molecular complexity index is 1400. The minimum absolute atomic E-state index is 0.0365. The number of anilines is 1. The Morgan fingerprint density at radius 3 is 2.12 bits per heavy atom. The second-order valence-corrected chi connectivity index (χ2v) is 11.6. The Hall–Kier alpha value is -3.63. The maximum Gasteiger partial charge on any atom is 0.264 e. The molecule has 0 aromatic heterocycles. The third-order valence-electron chi connectivity index (χ3n) is 6.48. The monoisotopic (exact) mass is 589 g/mol. The van der Waals surface area contributed by atoms with E-state index in [1.807, 2.05) is 13.8 Å². The minimum Gasteiger partial charge on any atom is -0.497 e. The molecule has 0 aliphatic carbocycles. The second kappa shape index (κ2) is 13.6. The molecule has 0 fully saturated rings. The summed E-state index contributed by atoms with van der Waals surface area (Å²) in [6.45, 7) is 4.71. The van der Waals surface area contributed by atoms with Crippen molar-refractivity contribution in [2.75, 3.05) is 18.0 Å². The summed E-state index contributed by atoms with van der Waals surface area (Å²) in [6, 6.07) is 16.3. The number of nitrogens with zero attached hydrogens (tertiary/aromatic N) is 2. The molecule has 40 heavy (non-hydrogen) atoms. The number of ether oxygens (including phenoxy) is 1. The van der Waals surface area contributed by atoms with Crippen LogP contribution < -0.4 is 14.4 Å². The number of carbonyl (C=O) groups is 2. The Labute approximate surface area is 239 Å². The third-order valence-corrected chi connectivity index (χ3v) is 8.52. The van der Waals surface area contributed by atoms with Crippen molar-refractivity contribution in [3.05, 3.63) is 89.2 Å². The number of nitrogens with one attached hydrogen (secondary N) is 1. The molecule has 0 spiro atoms. The number of sulfonamides is 1. The van der Waals surface area contributed by atoms with Crippen LogP contribution in [0.1, 0.15) is 32.8 Å². The van der Waals surface area contributed by atoms with E-state index >= 15 is 0 Å². The van der Waals surface area contributed by atoms with Crippen LogP contribution >= 0.6 is 11.6 Å². The smallest absolute Gasteiger partial charge is 0.264 e. The van der Waals surface area contributed by atoms with Gasteiger partial charge >= 0.3 is 0 Å². The van der Waals surface area contributed by atoms with Crippen molar-refractivity contribution in [3.8, 4) is 5.75 Å². The number of hydrogen-bond acceptors (Lipinski definition) is 5. The van der Waals surface area contributed by atoms with Gasteiger partial charge < -0.3 is 15.0 Å². The zero-order valence-electron chi connectivity index (χ0n) is 22.8. The molecule has 0 bridgehead atoms. The molecule has 2 atom stereocenters. The van der Waals surface area contributed by atoms with Crippen LogP contribution in [0.15, 0.2) is 77.7 Å². The lowest BCUT2D eigenvalue weighted by Crippen LogP contribution is -2.52. The number of benzene rings is 3. The molecule has 0 saturated carbocycles. The number of methoxy groups -OCH3 is 1. The molecule has 3 rings (SSSR count). The van der Waals surface area contributed by atoms with Gasteiger partial charge in [-0.2, -0.15) is 0 Å². The van der Waals surface area contributed by atoms with Crippen LogP contribution in [0.3, 0.4) is 0 Å². The van der Waals surface area contributed by atoms with E-state index in [0.29, 0.717) is 22.8 Å². The van der Waals surface area contributed by atoms with Crippen molar-refractivity contribution in [1.29, 1.82) is 0 Å². The van der Waals surface area contributed by atoms with E-state index in [4.69, 9.17) is 16.3 Å². The maximum atomic E-state index is 13.9. The number of amides is 2. The first-order valence-electron chi connectivity index (χ1n) is 12.7. The van der Waals surface area contributed by atoms with Gasteiger partial charge in [-0.25, -0.2) is 12.8 Å². The van der Waals surface area contributed by atoms with Crippen molar-refractivity contribution in [2.24, 2.45) is 0 Å². The molecule has 0 heterocycles. The number of halogens is 2. The second-order valence-electron chi connectivity index (χ2n) is 9.31. The Morgan fingerprint density at radius 1 is 0.975 bits per heavy atom. The highest BCUT2D eigenvalue weighted by atomic mass is 35.5. The van der Waals surface area contributed by atoms with E-state index in [1.54, 1.807) is 6.92 Å². The highest BCUT2D eigenvalue weighted by Crippen LogP contribution is 2.27. The summed E-state index contributed by atoms with van der Waals surface area (Å²) in [5, 5.41) is 3.26. The highest BCUT2D eigenvalue weighted by molar-refractivity contribution is 7.92. The standard InChI is InChI=1S/C29H33ClFN3O5S/c1-5-20(2)32-29(36)21(3)33(18-22-6-10-24(31)11-7-22)28(35)19-34(25-12-8-23(30)9-13-25)40(37,38)27-16-14-26(39-4)15-17-27/h6-17,20-21H,5,18-19H2,1-4H3,(H,32,36)/t20-,21+/m1/s1. The van der Waals surface area contributed by atoms with Crippen LogP contribution in [-0.4, -0.2) is 50.9 Å². The quantitative estimate of drug-likeness (QED) is 0.320. The van der Waals surface area contributed by atoms with Crippen molar-refractivity contribution < 1.29 is 27.1 Å². The van der Waals surface area contributed by atoms with Crippen molar-refractivity contribution in [3.63, 3.8) is 0 Å². The molecule has 0 unspecified atom stereocenters. The fourth-order valence-corrected chi connectivity index (χ4v) is 5.39. The Morgan fingerprint density at radius 2 is 1.57 bits per heavy atom. The molecule has 0 aliphatic heterocycles. The molecule has 11 heteroatoms. The van der Waals surface area contributed by atoms with Gasteiger partial charge in [0.1, 0.15) is 24.2 Å². The van der Waals surface area contributed by atoms with Crippen LogP contribution in [0, 0.1) is 5.82 Å². The summed E-state index contributed by atoms with van der Waals surface area (Å²) in [5.41, 5.74) is 0.793. The molecule has 214 valence electrons. The molecular weight excluding hydrogens is 557 g/mol. The fraction of sp³-hybridized carbons (Fsp3) is 0.310.